The van der Waals surface area contributed by atoms with Crippen LogP contribution in [0.4, 0.5) is 0 Å². The van der Waals surface area contributed by atoms with Gasteiger partial charge in [-0.3, -0.25) is 4.79 Å². The van der Waals surface area contributed by atoms with Crippen molar-refractivity contribution in [3.63, 3.8) is 0 Å². The topological polar surface area (TPSA) is 58.8 Å². The molecule has 3 heterocycles. The molecule has 0 radical (unpaired) electrons. The van der Waals surface area contributed by atoms with Gasteiger partial charge in [-0.25, -0.2) is 4.98 Å². The Hall–Kier alpha value is -1.92. The van der Waals surface area contributed by atoms with Crippen LogP contribution in [0.3, 0.4) is 0 Å². The number of para-hydroxylation sites is 2. The molecule has 2 saturated heterocycles. The SMILES string of the molecule is CN1CCOC(C(=O)N2CCCCC2c2nc3ccccc3o2)C1. The minimum Gasteiger partial charge on any atom is -0.438 e. The first-order chi connectivity index (χ1) is 11.7. The van der Waals surface area contributed by atoms with Gasteiger partial charge in [0.2, 0.25) is 5.89 Å². The van der Waals surface area contributed by atoms with Gasteiger partial charge in [0.1, 0.15) is 17.7 Å². The predicted molar refractivity (Wildman–Crippen MR) is 89.6 cm³/mol. The van der Waals surface area contributed by atoms with Crippen molar-refractivity contribution in [3.05, 3.63) is 30.2 Å². The Morgan fingerprint density at radius 2 is 2.12 bits per heavy atom. The number of likely N-dealkylation sites (tertiary alicyclic amines) is 1. The Labute approximate surface area is 141 Å². The monoisotopic (exact) mass is 329 g/mol. The molecule has 2 atom stereocenters. The van der Waals surface area contributed by atoms with Crippen LogP contribution in [0.25, 0.3) is 11.1 Å². The first-order valence-electron chi connectivity index (χ1n) is 8.68. The summed E-state index contributed by atoms with van der Waals surface area (Å²) in [6.07, 6.45) is 2.61. The molecular formula is C18H23N3O3. The lowest BCUT2D eigenvalue weighted by Crippen LogP contribution is -2.51. The highest BCUT2D eigenvalue weighted by Gasteiger charge is 2.36. The predicted octanol–water partition coefficient (Wildman–Crippen LogP) is 2.21. The standard InChI is InChI=1S/C18H23N3O3/c1-20-10-11-23-16(12-20)18(22)21-9-5-4-7-14(21)17-19-13-6-2-3-8-15(13)24-17/h2-3,6,8,14,16H,4-5,7,9-12H2,1H3. The third-order valence-corrected chi connectivity index (χ3v) is 4.93. The zero-order valence-corrected chi connectivity index (χ0v) is 14.0. The molecule has 24 heavy (non-hydrogen) atoms. The highest BCUT2D eigenvalue weighted by molar-refractivity contribution is 5.82. The third-order valence-electron chi connectivity index (χ3n) is 4.93. The van der Waals surface area contributed by atoms with Gasteiger partial charge in [-0.1, -0.05) is 12.1 Å². The average molecular weight is 329 g/mol. The molecule has 2 fully saturated rings. The highest BCUT2D eigenvalue weighted by Crippen LogP contribution is 2.33. The maximum Gasteiger partial charge on any atom is 0.253 e. The van der Waals surface area contributed by atoms with Crippen LogP contribution in [0.15, 0.2) is 28.7 Å². The minimum atomic E-state index is -0.381. The Morgan fingerprint density at radius 3 is 2.96 bits per heavy atom. The number of morpholine rings is 1. The third kappa shape index (κ3) is 2.91. The zero-order chi connectivity index (χ0) is 16.5. The Bertz CT molecular complexity index is 696. The molecule has 0 saturated carbocycles. The van der Waals surface area contributed by atoms with Crippen LogP contribution in [0.5, 0.6) is 0 Å². The van der Waals surface area contributed by atoms with E-state index >= 15 is 0 Å². The van der Waals surface area contributed by atoms with Crippen LogP contribution in [0.1, 0.15) is 31.2 Å². The molecule has 1 aromatic carbocycles. The van der Waals surface area contributed by atoms with Crippen LogP contribution in [-0.4, -0.2) is 60.1 Å². The van der Waals surface area contributed by atoms with E-state index < -0.39 is 0 Å². The summed E-state index contributed by atoms with van der Waals surface area (Å²) >= 11 is 0. The van der Waals surface area contributed by atoms with E-state index in [-0.39, 0.29) is 18.1 Å². The van der Waals surface area contributed by atoms with Gasteiger partial charge < -0.3 is 19.0 Å². The second-order valence-electron chi connectivity index (χ2n) is 6.68. The van der Waals surface area contributed by atoms with E-state index in [1.54, 1.807) is 0 Å². The number of rotatable bonds is 2. The number of amides is 1. The number of likely N-dealkylation sites (N-methyl/N-ethyl adjacent to an activating group) is 1. The van der Waals surface area contributed by atoms with Crippen molar-refractivity contribution in [3.8, 4) is 0 Å². The van der Waals surface area contributed by atoms with Crippen molar-refractivity contribution in [2.24, 2.45) is 0 Å². The fraction of sp³-hybridized carbons (Fsp3) is 0.556. The van der Waals surface area contributed by atoms with Crippen molar-refractivity contribution in [2.45, 2.75) is 31.4 Å². The van der Waals surface area contributed by atoms with E-state index in [4.69, 9.17) is 9.15 Å². The van der Waals surface area contributed by atoms with Crippen LogP contribution in [-0.2, 0) is 9.53 Å². The smallest absolute Gasteiger partial charge is 0.253 e. The second-order valence-corrected chi connectivity index (χ2v) is 6.68. The molecule has 2 aliphatic rings. The van der Waals surface area contributed by atoms with Gasteiger partial charge in [0, 0.05) is 19.6 Å². The number of benzene rings is 1. The summed E-state index contributed by atoms with van der Waals surface area (Å²) in [4.78, 5) is 21.7. The highest BCUT2D eigenvalue weighted by atomic mass is 16.5. The van der Waals surface area contributed by atoms with Gasteiger partial charge in [-0.2, -0.15) is 0 Å². The molecule has 6 nitrogen and oxygen atoms in total. The van der Waals surface area contributed by atoms with Gasteiger partial charge in [-0.15, -0.1) is 0 Å². The molecule has 0 spiro atoms. The van der Waals surface area contributed by atoms with Crippen molar-refractivity contribution in [1.29, 1.82) is 0 Å². The van der Waals surface area contributed by atoms with Crippen LogP contribution in [0.2, 0.25) is 0 Å². The Balaban J connectivity index is 1.59. The Kier molecular flexibility index (Phi) is 4.24. The molecule has 1 amide bonds. The molecule has 0 aliphatic carbocycles. The zero-order valence-electron chi connectivity index (χ0n) is 14.0. The van der Waals surface area contributed by atoms with Gasteiger partial charge in [0.25, 0.3) is 5.91 Å². The molecule has 4 rings (SSSR count). The van der Waals surface area contributed by atoms with Crippen LogP contribution < -0.4 is 0 Å². The molecule has 2 unspecified atom stereocenters. The summed E-state index contributed by atoms with van der Waals surface area (Å²) in [6, 6.07) is 7.66. The largest absolute Gasteiger partial charge is 0.438 e. The van der Waals surface area contributed by atoms with Crippen LogP contribution in [0, 0.1) is 0 Å². The van der Waals surface area contributed by atoms with E-state index in [1.807, 2.05) is 36.2 Å². The summed E-state index contributed by atoms with van der Waals surface area (Å²) in [5.74, 6) is 0.710. The lowest BCUT2D eigenvalue weighted by Gasteiger charge is -2.38. The molecule has 1 aromatic heterocycles. The summed E-state index contributed by atoms with van der Waals surface area (Å²) < 4.78 is 11.7. The number of aromatic nitrogens is 1. The lowest BCUT2D eigenvalue weighted by molar-refractivity contribution is -0.153. The van der Waals surface area contributed by atoms with Crippen molar-refractivity contribution in [2.75, 3.05) is 33.3 Å². The fourth-order valence-electron chi connectivity index (χ4n) is 3.60. The van der Waals surface area contributed by atoms with E-state index in [0.29, 0.717) is 19.0 Å². The summed E-state index contributed by atoms with van der Waals surface area (Å²) in [5.41, 5.74) is 1.62. The molecule has 2 aromatic rings. The van der Waals surface area contributed by atoms with Gasteiger partial charge in [-0.05, 0) is 38.4 Å². The number of nitrogens with zero attached hydrogens (tertiary/aromatic N) is 3. The molecule has 6 heteroatoms. The maximum atomic E-state index is 13.0. The average Bonchev–Trinajstić information content (AvgIpc) is 3.05. The number of hydrogen-bond donors (Lipinski definition) is 0. The normalized spacial score (nSPS) is 26.0. The second kappa shape index (κ2) is 6.53. The van der Waals surface area contributed by atoms with E-state index in [2.05, 4.69) is 9.88 Å². The quantitative estimate of drug-likeness (QED) is 0.845. The number of carbonyl (C=O) groups excluding carboxylic acids is 1. The molecule has 0 bridgehead atoms. The first-order valence-corrected chi connectivity index (χ1v) is 8.68. The maximum absolute atomic E-state index is 13.0. The van der Waals surface area contributed by atoms with Crippen molar-refractivity contribution >= 4 is 17.0 Å². The first kappa shape index (κ1) is 15.6. The Morgan fingerprint density at radius 1 is 1.25 bits per heavy atom. The van der Waals surface area contributed by atoms with Gasteiger partial charge >= 0.3 is 0 Å². The fourth-order valence-corrected chi connectivity index (χ4v) is 3.60. The van der Waals surface area contributed by atoms with Crippen molar-refractivity contribution in [1.82, 2.24) is 14.8 Å². The van der Waals surface area contributed by atoms with Crippen molar-refractivity contribution < 1.29 is 13.9 Å². The summed E-state index contributed by atoms with van der Waals surface area (Å²) in [5, 5.41) is 0. The molecule has 2 aliphatic heterocycles. The molecular weight excluding hydrogens is 306 g/mol. The van der Waals surface area contributed by atoms with E-state index in [1.165, 1.54) is 0 Å². The number of ether oxygens (including phenoxy) is 1. The van der Waals surface area contributed by atoms with Gasteiger partial charge in [0.05, 0.1) is 6.61 Å². The number of hydrogen-bond acceptors (Lipinski definition) is 5. The summed E-state index contributed by atoms with van der Waals surface area (Å²) in [6.45, 7) is 2.87. The number of oxazole rings is 1. The molecule has 0 N–H and O–H groups in total. The van der Waals surface area contributed by atoms with Gasteiger partial charge in [0.15, 0.2) is 5.58 Å². The van der Waals surface area contributed by atoms with Crippen LogP contribution >= 0.6 is 0 Å². The number of fused-ring (bicyclic) bond motifs is 1. The van der Waals surface area contributed by atoms with E-state index in [0.717, 1.165) is 43.5 Å². The molecule has 128 valence electrons. The number of carbonyl (C=O) groups is 1. The lowest BCUT2D eigenvalue weighted by atomic mass is 10.0. The summed E-state index contributed by atoms with van der Waals surface area (Å²) in [7, 11) is 2.03. The number of piperidine rings is 1. The van der Waals surface area contributed by atoms with E-state index in [9.17, 15) is 4.79 Å². The minimum absolute atomic E-state index is 0.0634.